The molecule has 3 rings (SSSR count). The maximum atomic E-state index is 11.9. The van der Waals surface area contributed by atoms with E-state index in [1.807, 2.05) is 6.07 Å². The van der Waals surface area contributed by atoms with Gasteiger partial charge in [-0.25, -0.2) is 0 Å². The predicted molar refractivity (Wildman–Crippen MR) is 95.8 cm³/mol. The average Bonchev–Trinajstić information content (AvgIpc) is 2.60. The first-order chi connectivity index (χ1) is 12.0. The number of piperidine rings is 1. The number of nitriles is 1. The number of hydrogen-bond acceptors (Lipinski definition) is 6. The van der Waals surface area contributed by atoms with Crippen molar-refractivity contribution in [3.63, 3.8) is 0 Å². The van der Waals surface area contributed by atoms with Gasteiger partial charge in [0.25, 0.3) is 0 Å². The third-order valence-corrected chi connectivity index (χ3v) is 4.48. The van der Waals surface area contributed by atoms with E-state index in [1.54, 1.807) is 25.4 Å². The molecule has 130 valence electrons. The molecule has 0 spiro atoms. The van der Waals surface area contributed by atoms with E-state index in [-0.39, 0.29) is 11.9 Å². The summed E-state index contributed by atoms with van der Waals surface area (Å²) in [5.41, 5.74) is 8.44. The van der Waals surface area contributed by atoms with Crippen LogP contribution in [-0.4, -0.2) is 41.0 Å². The lowest BCUT2D eigenvalue weighted by molar-refractivity contribution is -0.122. The number of fused-ring (bicyclic) bond motifs is 1. The van der Waals surface area contributed by atoms with Crippen molar-refractivity contribution in [2.75, 3.05) is 18.0 Å². The molecule has 3 atom stereocenters. The fourth-order valence-electron chi connectivity index (χ4n) is 3.37. The van der Waals surface area contributed by atoms with Crippen molar-refractivity contribution in [1.29, 1.82) is 5.26 Å². The molecule has 0 bridgehead atoms. The summed E-state index contributed by atoms with van der Waals surface area (Å²) in [6.45, 7) is 5.39. The van der Waals surface area contributed by atoms with Crippen molar-refractivity contribution in [2.24, 2.45) is 11.7 Å². The van der Waals surface area contributed by atoms with Gasteiger partial charge < -0.3 is 16.0 Å². The highest BCUT2D eigenvalue weighted by Crippen LogP contribution is 2.30. The summed E-state index contributed by atoms with van der Waals surface area (Å²) in [5, 5.41) is 12.3. The number of carbonyl (C=O) groups excluding carboxylic acids is 1. The summed E-state index contributed by atoms with van der Waals surface area (Å²) < 4.78 is 0. The van der Waals surface area contributed by atoms with Crippen LogP contribution in [0, 0.1) is 17.2 Å². The Morgan fingerprint density at radius 1 is 1.36 bits per heavy atom. The molecule has 1 amide bonds. The molecule has 2 heterocycles. The highest BCUT2D eigenvalue weighted by atomic mass is 16.2. The van der Waals surface area contributed by atoms with Crippen molar-refractivity contribution in [2.45, 2.75) is 32.4 Å². The summed E-state index contributed by atoms with van der Waals surface area (Å²) in [6, 6.07) is 5.37. The van der Waals surface area contributed by atoms with Crippen LogP contribution >= 0.6 is 0 Å². The first-order valence-corrected chi connectivity index (χ1v) is 8.44. The minimum absolute atomic E-state index is 0.0321. The summed E-state index contributed by atoms with van der Waals surface area (Å²) in [4.78, 5) is 22.9. The Morgan fingerprint density at radius 2 is 2.08 bits per heavy atom. The fourth-order valence-corrected chi connectivity index (χ4v) is 3.37. The third-order valence-electron chi connectivity index (χ3n) is 4.48. The van der Waals surface area contributed by atoms with E-state index in [0.717, 1.165) is 18.7 Å². The van der Waals surface area contributed by atoms with Gasteiger partial charge in [0.15, 0.2) is 0 Å². The number of nitrogens with one attached hydrogen (secondary N) is 1. The monoisotopic (exact) mass is 338 g/mol. The second-order valence-corrected chi connectivity index (χ2v) is 6.74. The third kappa shape index (κ3) is 3.54. The molecular formula is C18H22N6O. The Kier molecular flexibility index (Phi) is 4.81. The molecule has 2 aromatic rings. The van der Waals surface area contributed by atoms with Crippen LogP contribution in [0.4, 0.5) is 5.69 Å². The van der Waals surface area contributed by atoms with Gasteiger partial charge in [0, 0.05) is 31.5 Å². The molecule has 0 saturated carbocycles. The highest BCUT2D eigenvalue weighted by molar-refractivity contribution is 5.92. The number of benzene rings is 1. The van der Waals surface area contributed by atoms with Gasteiger partial charge in [-0.05, 0) is 31.4 Å². The van der Waals surface area contributed by atoms with E-state index in [0.29, 0.717) is 29.1 Å². The largest absolute Gasteiger partial charge is 0.367 e. The molecule has 0 radical (unpaired) electrons. The van der Waals surface area contributed by atoms with Gasteiger partial charge in [0.2, 0.25) is 5.91 Å². The molecule has 1 aromatic carbocycles. The fraction of sp³-hybridized carbons (Fsp3) is 0.444. The Balaban J connectivity index is 1.92. The van der Waals surface area contributed by atoms with Crippen LogP contribution in [0.1, 0.15) is 25.8 Å². The minimum Gasteiger partial charge on any atom is -0.367 e. The minimum atomic E-state index is -0.521. The van der Waals surface area contributed by atoms with E-state index in [1.165, 1.54) is 0 Å². The number of anilines is 1. The van der Waals surface area contributed by atoms with Gasteiger partial charge in [-0.3, -0.25) is 14.8 Å². The number of aromatic nitrogens is 2. The molecule has 7 nitrogen and oxygen atoms in total. The quantitative estimate of drug-likeness (QED) is 0.870. The summed E-state index contributed by atoms with van der Waals surface area (Å²) in [7, 11) is 0. The maximum Gasteiger partial charge on any atom is 0.236 e. The zero-order valence-electron chi connectivity index (χ0n) is 14.4. The smallest absolute Gasteiger partial charge is 0.236 e. The maximum absolute atomic E-state index is 11.9. The van der Waals surface area contributed by atoms with Gasteiger partial charge in [-0.15, -0.1) is 0 Å². The van der Waals surface area contributed by atoms with Gasteiger partial charge in [-0.2, -0.15) is 5.26 Å². The topological polar surface area (TPSA) is 108 Å². The zero-order valence-corrected chi connectivity index (χ0v) is 14.4. The van der Waals surface area contributed by atoms with Crippen LogP contribution in [0.3, 0.4) is 0 Å². The molecular weight excluding hydrogens is 316 g/mol. The van der Waals surface area contributed by atoms with Crippen molar-refractivity contribution < 1.29 is 4.79 Å². The second-order valence-electron chi connectivity index (χ2n) is 6.74. The van der Waals surface area contributed by atoms with E-state index < -0.39 is 6.04 Å². The SMILES string of the molecule is C[C@H]1C[C@@H](NC(=O)[C@H](C)N)CN(c2ccc(C#N)c3nccnc23)C1. The normalized spacial score (nSPS) is 21.6. The van der Waals surface area contributed by atoms with Crippen LogP contribution in [-0.2, 0) is 4.79 Å². The van der Waals surface area contributed by atoms with Crippen molar-refractivity contribution in [3.8, 4) is 6.07 Å². The number of rotatable bonds is 3. The Bertz CT molecular complexity index is 828. The standard InChI is InChI=1S/C18H22N6O/c1-11-7-14(23-18(25)12(2)20)10-24(9-11)15-4-3-13(8-19)16-17(15)22-6-5-21-16/h3-6,11-12,14H,7,9-10,20H2,1-2H3,(H,23,25)/t11-,12-,14+/m0/s1. The molecule has 1 fully saturated rings. The van der Waals surface area contributed by atoms with Gasteiger partial charge in [0.1, 0.15) is 17.1 Å². The van der Waals surface area contributed by atoms with Crippen LogP contribution in [0.2, 0.25) is 0 Å². The number of nitrogens with zero attached hydrogens (tertiary/aromatic N) is 4. The zero-order chi connectivity index (χ0) is 18.0. The number of carbonyl (C=O) groups is 1. The summed E-state index contributed by atoms with van der Waals surface area (Å²) in [5.74, 6) is 0.276. The van der Waals surface area contributed by atoms with E-state index in [9.17, 15) is 10.1 Å². The number of nitrogens with two attached hydrogens (primary N) is 1. The van der Waals surface area contributed by atoms with E-state index >= 15 is 0 Å². The van der Waals surface area contributed by atoms with E-state index in [4.69, 9.17) is 5.73 Å². The molecule has 0 aliphatic carbocycles. The Hall–Kier alpha value is -2.72. The molecule has 1 aromatic heterocycles. The Labute approximate surface area is 146 Å². The summed E-state index contributed by atoms with van der Waals surface area (Å²) in [6.07, 6.45) is 4.14. The lowest BCUT2D eigenvalue weighted by atomic mass is 9.94. The molecule has 3 N–H and O–H groups in total. The number of hydrogen-bond donors (Lipinski definition) is 2. The summed E-state index contributed by atoms with van der Waals surface area (Å²) >= 11 is 0. The molecule has 1 aliphatic heterocycles. The van der Waals surface area contributed by atoms with Gasteiger partial charge in [-0.1, -0.05) is 6.92 Å². The predicted octanol–water partition coefficient (Wildman–Crippen LogP) is 1.18. The molecule has 7 heteroatoms. The molecule has 25 heavy (non-hydrogen) atoms. The highest BCUT2D eigenvalue weighted by Gasteiger charge is 2.28. The Morgan fingerprint density at radius 3 is 2.76 bits per heavy atom. The van der Waals surface area contributed by atoms with Crippen LogP contribution in [0.25, 0.3) is 11.0 Å². The van der Waals surface area contributed by atoms with Crippen molar-refractivity contribution >= 4 is 22.6 Å². The van der Waals surface area contributed by atoms with Gasteiger partial charge >= 0.3 is 0 Å². The molecule has 1 saturated heterocycles. The van der Waals surface area contributed by atoms with Gasteiger partial charge in [0.05, 0.1) is 17.3 Å². The molecule has 1 aliphatic rings. The van der Waals surface area contributed by atoms with Crippen LogP contribution in [0.5, 0.6) is 0 Å². The second kappa shape index (κ2) is 7.03. The lowest BCUT2D eigenvalue weighted by Crippen LogP contribution is -2.53. The van der Waals surface area contributed by atoms with Crippen molar-refractivity contribution in [1.82, 2.24) is 15.3 Å². The lowest BCUT2D eigenvalue weighted by Gasteiger charge is -2.38. The molecule has 0 unspecified atom stereocenters. The number of amides is 1. The van der Waals surface area contributed by atoms with E-state index in [2.05, 4.69) is 33.2 Å². The van der Waals surface area contributed by atoms with Crippen molar-refractivity contribution in [3.05, 3.63) is 30.1 Å². The average molecular weight is 338 g/mol. The van der Waals surface area contributed by atoms with Crippen LogP contribution < -0.4 is 16.0 Å². The first kappa shape index (κ1) is 17.1. The first-order valence-electron chi connectivity index (χ1n) is 8.44. The van der Waals surface area contributed by atoms with Crippen LogP contribution in [0.15, 0.2) is 24.5 Å².